The lowest BCUT2D eigenvalue weighted by Crippen LogP contribution is -2.46. The Morgan fingerprint density at radius 2 is 1.93 bits per heavy atom. The summed E-state index contributed by atoms with van der Waals surface area (Å²) in [6, 6.07) is 8.47. The van der Waals surface area contributed by atoms with E-state index in [0.717, 1.165) is 70.4 Å². The average Bonchev–Trinajstić information content (AvgIpc) is 3.77. The van der Waals surface area contributed by atoms with Crippen LogP contribution in [0.3, 0.4) is 0 Å². The number of amides is 2. The lowest BCUT2D eigenvalue weighted by Gasteiger charge is -2.32. The van der Waals surface area contributed by atoms with E-state index >= 15 is 0 Å². The summed E-state index contributed by atoms with van der Waals surface area (Å²) in [4.78, 5) is 19.1. The first-order chi connectivity index (χ1) is 19.6. The SMILES string of the molecule is Nc1ncc(-c2cnn(C3CCN(C(=O)NCC4CCCCC4)CC3)c2)c2cc(-c3cccc4cnsc34)oc12. The van der Waals surface area contributed by atoms with E-state index in [1.54, 1.807) is 6.20 Å². The molecule has 1 saturated carbocycles. The smallest absolute Gasteiger partial charge is 0.317 e. The van der Waals surface area contributed by atoms with Gasteiger partial charge in [-0.3, -0.25) is 4.68 Å². The number of urea groups is 1. The summed E-state index contributed by atoms with van der Waals surface area (Å²) >= 11 is 1.45. The molecule has 3 N–H and O–H groups in total. The van der Waals surface area contributed by atoms with Crippen LogP contribution in [0.15, 0.2) is 53.5 Å². The number of pyridine rings is 1. The Kier molecular flexibility index (Phi) is 6.63. The molecule has 1 saturated heterocycles. The molecule has 0 unspecified atom stereocenters. The lowest BCUT2D eigenvalue weighted by atomic mass is 9.89. The highest BCUT2D eigenvalue weighted by atomic mass is 32.1. The van der Waals surface area contributed by atoms with Gasteiger partial charge >= 0.3 is 6.03 Å². The van der Waals surface area contributed by atoms with Gasteiger partial charge in [0.2, 0.25) is 0 Å². The first-order valence-corrected chi connectivity index (χ1v) is 15.0. The monoisotopic (exact) mass is 555 g/mol. The number of nitrogens with zero attached hydrogens (tertiary/aromatic N) is 5. The number of anilines is 1. The van der Waals surface area contributed by atoms with Crippen LogP contribution in [-0.2, 0) is 0 Å². The molecule has 1 aliphatic carbocycles. The topological polar surface area (TPSA) is 115 Å². The maximum absolute atomic E-state index is 12.7. The first-order valence-electron chi connectivity index (χ1n) is 14.2. The van der Waals surface area contributed by atoms with Crippen LogP contribution in [0.2, 0.25) is 0 Å². The molecule has 40 heavy (non-hydrogen) atoms. The van der Waals surface area contributed by atoms with E-state index in [0.29, 0.717) is 17.3 Å². The molecule has 10 heteroatoms. The van der Waals surface area contributed by atoms with Gasteiger partial charge in [-0.15, -0.1) is 0 Å². The third-order valence-corrected chi connectivity index (χ3v) is 9.39. The average molecular weight is 556 g/mol. The molecule has 0 bridgehead atoms. The normalized spacial score (nSPS) is 17.1. The number of nitrogens with one attached hydrogen (secondary N) is 1. The molecule has 9 nitrogen and oxygen atoms in total. The molecular formula is C30H33N7O2S. The molecule has 2 amide bonds. The van der Waals surface area contributed by atoms with Crippen molar-refractivity contribution in [3.63, 3.8) is 0 Å². The van der Waals surface area contributed by atoms with Crippen LogP contribution in [0.1, 0.15) is 51.0 Å². The van der Waals surface area contributed by atoms with Crippen molar-refractivity contribution in [3.8, 4) is 22.5 Å². The first kappa shape index (κ1) is 25.1. The fourth-order valence-electron chi connectivity index (χ4n) is 6.24. The van der Waals surface area contributed by atoms with E-state index in [1.807, 2.05) is 40.2 Å². The highest BCUT2D eigenvalue weighted by Gasteiger charge is 2.26. The number of carbonyl (C=O) groups excluding carboxylic acids is 1. The summed E-state index contributed by atoms with van der Waals surface area (Å²) < 4.78 is 13.7. The van der Waals surface area contributed by atoms with E-state index in [1.165, 1.54) is 43.6 Å². The zero-order valence-electron chi connectivity index (χ0n) is 22.4. The predicted octanol–water partition coefficient (Wildman–Crippen LogP) is 6.48. The van der Waals surface area contributed by atoms with Gasteiger partial charge < -0.3 is 20.4 Å². The van der Waals surface area contributed by atoms with E-state index in [9.17, 15) is 4.79 Å². The Hall–Kier alpha value is -3.92. The number of carbonyl (C=O) groups is 1. The lowest BCUT2D eigenvalue weighted by molar-refractivity contribution is 0.166. The highest BCUT2D eigenvalue weighted by Crippen LogP contribution is 2.39. The number of benzene rings is 1. The van der Waals surface area contributed by atoms with Crippen molar-refractivity contribution in [2.24, 2.45) is 5.92 Å². The van der Waals surface area contributed by atoms with Gasteiger partial charge in [0.15, 0.2) is 11.4 Å². The number of nitrogen functional groups attached to an aromatic ring is 1. The van der Waals surface area contributed by atoms with Gasteiger partial charge in [0, 0.05) is 65.7 Å². The van der Waals surface area contributed by atoms with Crippen molar-refractivity contribution in [1.29, 1.82) is 0 Å². The van der Waals surface area contributed by atoms with Gasteiger partial charge in [0.1, 0.15) is 5.76 Å². The molecule has 0 radical (unpaired) electrons. The minimum Gasteiger partial charge on any atom is -0.452 e. The van der Waals surface area contributed by atoms with Crippen LogP contribution in [0, 0.1) is 5.92 Å². The molecule has 1 aliphatic heterocycles. The van der Waals surface area contributed by atoms with Crippen molar-refractivity contribution >= 4 is 44.4 Å². The molecule has 206 valence electrons. The van der Waals surface area contributed by atoms with Crippen LogP contribution >= 0.6 is 11.5 Å². The van der Waals surface area contributed by atoms with Crippen LogP contribution in [0.4, 0.5) is 10.6 Å². The van der Waals surface area contributed by atoms with E-state index < -0.39 is 0 Å². The van der Waals surface area contributed by atoms with Crippen molar-refractivity contribution in [2.75, 3.05) is 25.4 Å². The van der Waals surface area contributed by atoms with Crippen molar-refractivity contribution in [1.82, 2.24) is 29.4 Å². The molecular weight excluding hydrogens is 522 g/mol. The van der Waals surface area contributed by atoms with Gasteiger partial charge in [0.25, 0.3) is 0 Å². The number of nitrogens with two attached hydrogens (primary N) is 1. The second-order valence-corrected chi connectivity index (χ2v) is 11.9. The zero-order valence-corrected chi connectivity index (χ0v) is 23.2. The molecule has 5 aromatic rings. The fourth-order valence-corrected chi connectivity index (χ4v) is 7.00. The molecule has 4 aromatic heterocycles. The third kappa shape index (κ3) is 4.70. The van der Waals surface area contributed by atoms with Crippen molar-refractivity contribution in [2.45, 2.75) is 51.0 Å². The van der Waals surface area contributed by atoms with E-state index in [-0.39, 0.29) is 12.1 Å². The number of likely N-dealkylation sites (tertiary alicyclic amines) is 1. The number of hydrogen-bond donors (Lipinski definition) is 2. The second kappa shape index (κ2) is 10.6. The van der Waals surface area contributed by atoms with Gasteiger partial charge in [0.05, 0.1) is 16.9 Å². The Morgan fingerprint density at radius 1 is 1.07 bits per heavy atom. The van der Waals surface area contributed by atoms with Gasteiger partial charge in [-0.2, -0.15) is 9.47 Å². The Balaban J connectivity index is 1.07. The Morgan fingerprint density at radius 3 is 2.77 bits per heavy atom. The van der Waals surface area contributed by atoms with Gasteiger partial charge in [-0.25, -0.2) is 9.78 Å². The maximum Gasteiger partial charge on any atom is 0.317 e. The van der Waals surface area contributed by atoms with E-state index in [4.69, 9.17) is 15.2 Å². The number of rotatable bonds is 5. The third-order valence-electron chi connectivity index (χ3n) is 8.54. The van der Waals surface area contributed by atoms with Crippen LogP contribution in [-0.4, -0.2) is 49.7 Å². The predicted molar refractivity (Wildman–Crippen MR) is 158 cm³/mol. The largest absolute Gasteiger partial charge is 0.452 e. The van der Waals surface area contributed by atoms with E-state index in [2.05, 4.69) is 26.9 Å². The van der Waals surface area contributed by atoms with Crippen LogP contribution in [0.5, 0.6) is 0 Å². The molecule has 0 spiro atoms. The van der Waals surface area contributed by atoms with Gasteiger partial charge in [-0.05, 0) is 55.3 Å². The molecule has 5 heterocycles. The molecule has 2 fully saturated rings. The quantitative estimate of drug-likeness (QED) is 0.257. The summed E-state index contributed by atoms with van der Waals surface area (Å²) in [6.07, 6.45) is 15.8. The number of furan rings is 1. The number of fused-ring (bicyclic) bond motifs is 2. The molecule has 1 aromatic carbocycles. The highest BCUT2D eigenvalue weighted by molar-refractivity contribution is 7.13. The summed E-state index contributed by atoms with van der Waals surface area (Å²) in [5, 5.41) is 9.89. The standard InChI is InChI=1S/C30H33N7O2S/c31-29-27-24(13-26(39-27)23-8-4-7-20-16-35-40-28(20)23)25(17-32-29)21-15-34-37(18-21)22-9-11-36(12-10-22)30(38)33-14-19-5-2-1-3-6-19/h4,7-8,13,15-19,22H,1-3,5-6,9-12,14H2,(H2,31,32)(H,33,38). The minimum absolute atomic E-state index is 0.0744. The Labute approximate surface area is 236 Å². The zero-order chi connectivity index (χ0) is 27.1. The minimum atomic E-state index is 0.0744. The van der Waals surface area contributed by atoms with Gasteiger partial charge in [-0.1, -0.05) is 31.4 Å². The molecule has 0 atom stereocenters. The summed E-state index contributed by atoms with van der Waals surface area (Å²) in [7, 11) is 0. The van der Waals surface area contributed by atoms with Crippen LogP contribution in [0.25, 0.3) is 43.5 Å². The summed E-state index contributed by atoms with van der Waals surface area (Å²) in [5.74, 6) is 1.75. The number of hydrogen-bond acceptors (Lipinski definition) is 7. The van der Waals surface area contributed by atoms with Crippen molar-refractivity contribution < 1.29 is 9.21 Å². The molecule has 2 aliphatic rings. The number of piperidine rings is 1. The summed E-state index contributed by atoms with van der Waals surface area (Å²) in [6.45, 7) is 2.27. The van der Waals surface area contributed by atoms with Crippen molar-refractivity contribution in [3.05, 3.63) is 49.1 Å². The fraction of sp³-hybridized carbons (Fsp3) is 0.400. The molecule has 7 rings (SSSR count). The number of aromatic nitrogens is 4. The Bertz CT molecular complexity index is 1660. The maximum atomic E-state index is 12.7. The second-order valence-electron chi connectivity index (χ2n) is 11.1. The summed E-state index contributed by atoms with van der Waals surface area (Å²) in [5.41, 5.74) is 9.71. The van der Waals surface area contributed by atoms with Crippen LogP contribution < -0.4 is 11.1 Å².